The summed E-state index contributed by atoms with van der Waals surface area (Å²) in [5.41, 5.74) is 3.97. The molecule has 0 aromatic heterocycles. The fraction of sp³-hybridized carbons (Fsp3) is 0.289. The van der Waals surface area contributed by atoms with E-state index in [1.54, 1.807) is 25.1 Å². The minimum Gasteiger partial charge on any atom is -0.466 e. The number of benzene rings is 4. The average molecular weight is 621 g/mol. The highest BCUT2D eigenvalue weighted by molar-refractivity contribution is 5.89. The molecule has 4 rings (SSSR count). The van der Waals surface area contributed by atoms with Crippen LogP contribution in [0.3, 0.4) is 0 Å². The smallest absolute Gasteiger partial charge is 0.337 e. The molecule has 0 aliphatic carbocycles. The van der Waals surface area contributed by atoms with Crippen LogP contribution < -0.4 is 4.74 Å². The van der Waals surface area contributed by atoms with Gasteiger partial charge in [-0.3, -0.25) is 9.69 Å². The first-order valence-corrected chi connectivity index (χ1v) is 15.5. The highest BCUT2D eigenvalue weighted by atomic mass is 16.5. The van der Waals surface area contributed by atoms with Gasteiger partial charge in [0.05, 0.1) is 43.6 Å². The molecule has 0 unspecified atom stereocenters. The maximum Gasteiger partial charge on any atom is 0.337 e. The molecule has 46 heavy (non-hydrogen) atoms. The molecular formula is C38H40N2O6. The van der Waals surface area contributed by atoms with Crippen molar-refractivity contribution in [1.82, 2.24) is 4.90 Å². The van der Waals surface area contributed by atoms with Crippen molar-refractivity contribution >= 4 is 11.9 Å². The Morgan fingerprint density at radius 1 is 0.848 bits per heavy atom. The lowest BCUT2D eigenvalue weighted by Crippen LogP contribution is -2.30. The zero-order chi connectivity index (χ0) is 32.6. The first kappa shape index (κ1) is 33.9. The Balaban J connectivity index is 1.49. The Kier molecular flexibility index (Phi) is 13.4. The first-order chi connectivity index (χ1) is 22.5. The van der Waals surface area contributed by atoms with Gasteiger partial charge in [0, 0.05) is 19.5 Å². The summed E-state index contributed by atoms with van der Waals surface area (Å²) in [4.78, 5) is 26.1. The van der Waals surface area contributed by atoms with Crippen molar-refractivity contribution < 1.29 is 28.5 Å². The van der Waals surface area contributed by atoms with E-state index < -0.39 is 0 Å². The number of carbonyl (C=O) groups excluding carboxylic acids is 2. The number of para-hydroxylation sites is 1. The number of ether oxygens (including phenoxy) is 4. The molecule has 0 aliphatic heterocycles. The second-order valence-electron chi connectivity index (χ2n) is 10.8. The van der Waals surface area contributed by atoms with Gasteiger partial charge in [-0.2, -0.15) is 5.26 Å². The SMILES string of the molecule is CCOC(=O)CCCCN(Cc1ccc(C(=O)OC)cc1)C[C@H](OCc1ccc(Oc2ccccc2)cc1)c1cccc(C#N)c1. The lowest BCUT2D eigenvalue weighted by Gasteiger charge is -2.28. The molecule has 238 valence electrons. The second kappa shape index (κ2) is 18.1. The molecule has 0 radical (unpaired) electrons. The highest BCUT2D eigenvalue weighted by Crippen LogP contribution is 2.25. The van der Waals surface area contributed by atoms with Crippen molar-refractivity contribution in [2.45, 2.75) is 45.4 Å². The summed E-state index contributed by atoms with van der Waals surface area (Å²) in [6.45, 7) is 4.39. The van der Waals surface area contributed by atoms with Crippen molar-refractivity contribution in [3.05, 3.63) is 131 Å². The first-order valence-electron chi connectivity index (χ1n) is 15.5. The van der Waals surface area contributed by atoms with Gasteiger partial charge in [-0.15, -0.1) is 0 Å². The lowest BCUT2D eigenvalue weighted by atomic mass is 10.0. The molecule has 0 heterocycles. The van der Waals surface area contributed by atoms with Gasteiger partial charge >= 0.3 is 11.9 Å². The third-order valence-corrected chi connectivity index (χ3v) is 7.36. The zero-order valence-electron chi connectivity index (χ0n) is 26.4. The maximum atomic E-state index is 12.0. The number of methoxy groups -OCH3 is 1. The highest BCUT2D eigenvalue weighted by Gasteiger charge is 2.19. The number of rotatable bonds is 17. The van der Waals surface area contributed by atoms with E-state index in [1.165, 1.54) is 7.11 Å². The Labute approximate surface area is 271 Å². The molecule has 0 fully saturated rings. The van der Waals surface area contributed by atoms with Crippen LogP contribution in [-0.2, 0) is 32.2 Å². The zero-order valence-corrected chi connectivity index (χ0v) is 26.4. The van der Waals surface area contributed by atoms with Crippen LogP contribution in [-0.4, -0.2) is 43.6 Å². The molecule has 0 aliphatic rings. The number of nitrogens with zero attached hydrogens (tertiary/aromatic N) is 2. The van der Waals surface area contributed by atoms with Gasteiger partial charge in [-0.1, -0.05) is 54.6 Å². The van der Waals surface area contributed by atoms with Crippen molar-refractivity contribution in [1.29, 1.82) is 5.26 Å². The van der Waals surface area contributed by atoms with Crippen LogP contribution in [0.5, 0.6) is 11.5 Å². The number of unbranched alkanes of at least 4 members (excludes halogenated alkanes) is 1. The van der Waals surface area contributed by atoms with Crippen LogP contribution in [0.15, 0.2) is 103 Å². The predicted octanol–water partition coefficient (Wildman–Crippen LogP) is 7.63. The van der Waals surface area contributed by atoms with Crippen molar-refractivity contribution in [3.63, 3.8) is 0 Å². The molecule has 0 saturated heterocycles. The molecule has 0 bridgehead atoms. The van der Waals surface area contributed by atoms with Crippen molar-refractivity contribution in [3.8, 4) is 17.6 Å². The summed E-state index contributed by atoms with van der Waals surface area (Å²) in [6, 6.07) is 34.5. The number of nitriles is 1. The molecule has 8 heteroatoms. The third kappa shape index (κ3) is 10.9. The van der Waals surface area contributed by atoms with Crippen LogP contribution >= 0.6 is 0 Å². The van der Waals surface area contributed by atoms with E-state index in [2.05, 4.69) is 11.0 Å². The topological polar surface area (TPSA) is 98.1 Å². The minimum atomic E-state index is -0.382. The molecule has 0 amide bonds. The summed E-state index contributed by atoms with van der Waals surface area (Å²) in [5, 5.41) is 9.58. The lowest BCUT2D eigenvalue weighted by molar-refractivity contribution is -0.143. The van der Waals surface area contributed by atoms with Gasteiger partial charge in [0.15, 0.2) is 0 Å². The monoisotopic (exact) mass is 620 g/mol. The van der Waals surface area contributed by atoms with Crippen LogP contribution in [0.4, 0.5) is 0 Å². The molecule has 0 spiro atoms. The predicted molar refractivity (Wildman–Crippen MR) is 175 cm³/mol. The largest absolute Gasteiger partial charge is 0.466 e. The minimum absolute atomic E-state index is 0.192. The van der Waals surface area contributed by atoms with Gasteiger partial charge in [0.25, 0.3) is 0 Å². The number of hydrogen-bond acceptors (Lipinski definition) is 8. The maximum absolute atomic E-state index is 12.0. The Morgan fingerprint density at radius 2 is 1.57 bits per heavy atom. The molecular weight excluding hydrogens is 580 g/mol. The van der Waals surface area contributed by atoms with E-state index in [-0.39, 0.29) is 18.0 Å². The Bertz CT molecular complexity index is 1570. The van der Waals surface area contributed by atoms with Gasteiger partial charge < -0.3 is 18.9 Å². The van der Waals surface area contributed by atoms with Crippen molar-refractivity contribution in [2.24, 2.45) is 0 Å². The summed E-state index contributed by atoms with van der Waals surface area (Å²) in [7, 11) is 1.36. The molecule has 4 aromatic carbocycles. The van der Waals surface area contributed by atoms with Gasteiger partial charge in [0.1, 0.15) is 11.5 Å². The van der Waals surface area contributed by atoms with Crippen LogP contribution in [0.25, 0.3) is 0 Å². The summed E-state index contributed by atoms with van der Waals surface area (Å²) >= 11 is 0. The van der Waals surface area contributed by atoms with E-state index in [0.29, 0.717) is 56.8 Å². The number of hydrogen-bond donors (Lipinski definition) is 0. The molecule has 8 nitrogen and oxygen atoms in total. The van der Waals surface area contributed by atoms with E-state index in [9.17, 15) is 14.9 Å². The van der Waals surface area contributed by atoms with Gasteiger partial charge in [-0.25, -0.2) is 4.79 Å². The van der Waals surface area contributed by atoms with E-state index in [0.717, 1.165) is 34.6 Å². The summed E-state index contributed by atoms with van der Waals surface area (Å²) in [5.74, 6) is 0.932. The van der Waals surface area contributed by atoms with Crippen molar-refractivity contribution in [2.75, 3.05) is 26.8 Å². The molecule has 4 aromatic rings. The van der Waals surface area contributed by atoms with Gasteiger partial charge in [-0.05, 0) is 91.5 Å². The van der Waals surface area contributed by atoms with E-state index >= 15 is 0 Å². The molecule has 0 saturated carbocycles. The third-order valence-electron chi connectivity index (χ3n) is 7.36. The van der Waals surface area contributed by atoms with Gasteiger partial charge in [0.2, 0.25) is 0 Å². The molecule has 1 atom stereocenters. The Morgan fingerprint density at radius 3 is 2.26 bits per heavy atom. The average Bonchev–Trinajstić information content (AvgIpc) is 3.09. The summed E-state index contributed by atoms with van der Waals surface area (Å²) in [6.07, 6.45) is 1.51. The van der Waals surface area contributed by atoms with Crippen LogP contribution in [0.2, 0.25) is 0 Å². The standard InChI is InChI=1S/C38H40N2O6/c1-3-44-37(41)14-7-8-23-40(26-29-15-19-32(20-16-29)38(42)43-2)27-36(33-11-9-10-31(24-33)25-39)45-28-30-17-21-35(22-18-30)46-34-12-5-4-6-13-34/h4-6,9-13,15-22,24,36H,3,7-8,14,23,26-28H2,1-2H3/t36-/m0/s1. The second-order valence-corrected chi connectivity index (χ2v) is 10.8. The number of esters is 2. The van der Waals surface area contributed by atoms with Crippen LogP contribution in [0.1, 0.15) is 64.9 Å². The fourth-order valence-corrected chi connectivity index (χ4v) is 4.97. The van der Waals surface area contributed by atoms with E-state index in [4.69, 9.17) is 18.9 Å². The quantitative estimate of drug-likeness (QED) is 0.0878. The Hall–Kier alpha value is -4.97. The normalized spacial score (nSPS) is 11.4. The number of carbonyl (C=O) groups is 2. The fourth-order valence-electron chi connectivity index (χ4n) is 4.97. The van der Waals surface area contributed by atoms with Crippen LogP contribution in [0, 0.1) is 11.3 Å². The summed E-state index contributed by atoms with van der Waals surface area (Å²) < 4.78 is 22.4. The molecule has 0 N–H and O–H groups in total. The van der Waals surface area contributed by atoms with E-state index in [1.807, 2.05) is 84.9 Å².